The molecule has 0 spiro atoms. The van der Waals surface area contributed by atoms with E-state index in [1.165, 1.54) is 17.5 Å². The third kappa shape index (κ3) is 6.15. The van der Waals surface area contributed by atoms with Crippen LogP contribution in [0.1, 0.15) is 48.5 Å². The van der Waals surface area contributed by atoms with Gasteiger partial charge in [0, 0.05) is 18.8 Å². The van der Waals surface area contributed by atoms with Gasteiger partial charge in [-0.15, -0.1) is 0 Å². The molecule has 0 aliphatic carbocycles. The lowest BCUT2D eigenvalue weighted by Gasteiger charge is -2.31. The number of amides is 1. The molecule has 8 nitrogen and oxygen atoms in total. The summed E-state index contributed by atoms with van der Waals surface area (Å²) in [4.78, 5) is 25.1. The molecule has 0 aromatic heterocycles. The molecule has 1 heterocycles. The Hall–Kier alpha value is -2.91. The number of hydrogen-bond donors (Lipinski definition) is 1. The number of nitrogens with zero attached hydrogens (tertiary/aromatic N) is 1. The van der Waals surface area contributed by atoms with Gasteiger partial charge in [-0.3, -0.25) is 4.79 Å². The summed E-state index contributed by atoms with van der Waals surface area (Å²) in [6, 6.07) is 11.3. The monoisotopic (exact) mass is 488 g/mol. The zero-order valence-corrected chi connectivity index (χ0v) is 20.7. The first-order valence-electron chi connectivity index (χ1n) is 11.5. The van der Waals surface area contributed by atoms with Gasteiger partial charge >= 0.3 is 5.97 Å². The van der Waals surface area contributed by atoms with Crippen LogP contribution in [0, 0.1) is 12.8 Å². The zero-order chi connectivity index (χ0) is 24.7. The standard InChI is InChI=1S/C25H32N2O6S/c1-4-5-15-33-25(29)19-8-10-21(11-9-19)26-24(28)20-7-6-14-27(17-20)34(30,31)22-12-13-23(32-3)18(2)16-22/h8-13,16,20H,4-7,14-15,17H2,1-3H3,(H,26,28)/t20-/m0/s1. The Morgan fingerprint density at radius 3 is 2.53 bits per heavy atom. The molecule has 1 amide bonds. The number of anilines is 1. The number of rotatable bonds is 9. The Morgan fingerprint density at radius 1 is 1.15 bits per heavy atom. The van der Waals surface area contributed by atoms with Crippen molar-refractivity contribution in [3.05, 3.63) is 53.6 Å². The van der Waals surface area contributed by atoms with Crippen molar-refractivity contribution in [2.45, 2.75) is 44.4 Å². The van der Waals surface area contributed by atoms with E-state index in [4.69, 9.17) is 9.47 Å². The third-order valence-electron chi connectivity index (χ3n) is 5.88. The smallest absolute Gasteiger partial charge is 0.338 e. The van der Waals surface area contributed by atoms with Gasteiger partial charge in [0.15, 0.2) is 0 Å². The minimum atomic E-state index is -3.73. The Kier molecular flexibility index (Phi) is 8.68. The second-order valence-corrected chi connectivity index (χ2v) is 10.3. The average molecular weight is 489 g/mol. The second-order valence-electron chi connectivity index (χ2n) is 8.39. The number of unbranched alkanes of at least 4 members (excludes halogenated alkanes) is 1. The van der Waals surface area contributed by atoms with E-state index in [0.717, 1.165) is 18.4 Å². The van der Waals surface area contributed by atoms with E-state index in [1.54, 1.807) is 43.3 Å². The van der Waals surface area contributed by atoms with Gasteiger partial charge in [0.05, 0.1) is 30.1 Å². The Bertz CT molecular complexity index is 1110. The molecule has 1 aliphatic heterocycles. The predicted octanol–water partition coefficient (Wildman–Crippen LogP) is 4.00. The number of ether oxygens (including phenoxy) is 2. The SMILES string of the molecule is CCCCOC(=O)c1ccc(NC(=O)[C@H]2CCCN(S(=O)(=O)c3ccc(OC)c(C)c3)C2)cc1. The molecular weight excluding hydrogens is 456 g/mol. The number of carbonyl (C=O) groups is 2. The van der Waals surface area contributed by atoms with Gasteiger partial charge in [-0.25, -0.2) is 13.2 Å². The number of carbonyl (C=O) groups excluding carboxylic acids is 2. The fraction of sp³-hybridized carbons (Fsp3) is 0.440. The lowest BCUT2D eigenvalue weighted by molar-refractivity contribution is -0.120. The Labute approximate surface area is 201 Å². The molecule has 1 aliphatic rings. The van der Waals surface area contributed by atoms with Crippen LogP contribution >= 0.6 is 0 Å². The highest BCUT2D eigenvalue weighted by molar-refractivity contribution is 7.89. The first-order valence-corrected chi connectivity index (χ1v) is 12.9. The zero-order valence-electron chi connectivity index (χ0n) is 19.9. The number of esters is 1. The van der Waals surface area contributed by atoms with E-state index >= 15 is 0 Å². The van der Waals surface area contributed by atoms with Crippen LogP contribution in [0.2, 0.25) is 0 Å². The molecule has 0 radical (unpaired) electrons. The summed E-state index contributed by atoms with van der Waals surface area (Å²) in [5.74, 6) is -0.492. The molecule has 0 saturated carbocycles. The first kappa shape index (κ1) is 25.7. The van der Waals surface area contributed by atoms with Crippen LogP contribution in [0.4, 0.5) is 5.69 Å². The normalized spacial score (nSPS) is 16.6. The number of benzene rings is 2. The summed E-state index contributed by atoms with van der Waals surface area (Å²) >= 11 is 0. The predicted molar refractivity (Wildman–Crippen MR) is 129 cm³/mol. The van der Waals surface area contributed by atoms with Gasteiger partial charge in [0.1, 0.15) is 5.75 Å². The average Bonchev–Trinajstić information content (AvgIpc) is 2.84. The van der Waals surface area contributed by atoms with Gasteiger partial charge in [-0.05, 0) is 74.2 Å². The van der Waals surface area contributed by atoms with Crippen molar-refractivity contribution in [3.63, 3.8) is 0 Å². The molecule has 0 bridgehead atoms. The van der Waals surface area contributed by atoms with E-state index in [1.807, 2.05) is 6.92 Å². The molecule has 1 N–H and O–H groups in total. The largest absolute Gasteiger partial charge is 0.496 e. The number of piperidine rings is 1. The molecule has 184 valence electrons. The second kappa shape index (κ2) is 11.5. The van der Waals surface area contributed by atoms with E-state index < -0.39 is 21.9 Å². The minimum Gasteiger partial charge on any atom is -0.496 e. The first-order chi connectivity index (χ1) is 16.3. The van der Waals surface area contributed by atoms with Gasteiger partial charge < -0.3 is 14.8 Å². The van der Waals surface area contributed by atoms with Gasteiger partial charge in [0.25, 0.3) is 0 Å². The minimum absolute atomic E-state index is 0.112. The molecule has 9 heteroatoms. The van der Waals surface area contributed by atoms with Crippen molar-refractivity contribution in [1.29, 1.82) is 0 Å². The van der Waals surface area contributed by atoms with Crippen molar-refractivity contribution >= 4 is 27.6 Å². The number of methoxy groups -OCH3 is 1. The molecule has 2 aromatic carbocycles. The summed E-state index contributed by atoms with van der Waals surface area (Å²) in [5.41, 5.74) is 1.69. The van der Waals surface area contributed by atoms with Crippen molar-refractivity contribution in [3.8, 4) is 5.75 Å². The van der Waals surface area contributed by atoms with Crippen LogP contribution in [0.3, 0.4) is 0 Å². The molecule has 2 aromatic rings. The van der Waals surface area contributed by atoms with Gasteiger partial charge in [-0.1, -0.05) is 13.3 Å². The lowest BCUT2D eigenvalue weighted by Crippen LogP contribution is -2.43. The van der Waals surface area contributed by atoms with Crippen molar-refractivity contribution < 1.29 is 27.5 Å². The molecule has 3 rings (SSSR count). The third-order valence-corrected chi connectivity index (χ3v) is 7.74. The summed E-state index contributed by atoms with van der Waals surface area (Å²) in [6.07, 6.45) is 2.94. The highest BCUT2D eigenvalue weighted by Gasteiger charge is 2.33. The van der Waals surface area contributed by atoms with Crippen LogP contribution in [0.25, 0.3) is 0 Å². The quantitative estimate of drug-likeness (QED) is 0.423. The summed E-state index contributed by atoms with van der Waals surface area (Å²) in [6.45, 7) is 4.67. The van der Waals surface area contributed by atoms with Crippen molar-refractivity contribution in [1.82, 2.24) is 4.31 Å². The Morgan fingerprint density at radius 2 is 1.88 bits per heavy atom. The summed E-state index contributed by atoms with van der Waals surface area (Å²) in [5, 5.41) is 2.84. The van der Waals surface area contributed by atoms with Crippen molar-refractivity contribution in [2.24, 2.45) is 5.92 Å². The van der Waals surface area contributed by atoms with E-state index in [9.17, 15) is 18.0 Å². The van der Waals surface area contributed by atoms with Crippen LogP contribution in [-0.2, 0) is 19.6 Å². The fourth-order valence-corrected chi connectivity index (χ4v) is 5.47. The fourth-order valence-electron chi connectivity index (χ4n) is 3.86. The molecule has 0 unspecified atom stereocenters. The molecule has 1 saturated heterocycles. The maximum atomic E-state index is 13.2. The van der Waals surface area contributed by atoms with E-state index in [2.05, 4.69) is 5.32 Å². The molecule has 34 heavy (non-hydrogen) atoms. The molecular formula is C25H32N2O6S. The van der Waals surface area contributed by atoms with E-state index in [0.29, 0.717) is 43.0 Å². The van der Waals surface area contributed by atoms with Crippen LogP contribution in [0.15, 0.2) is 47.4 Å². The van der Waals surface area contributed by atoms with E-state index in [-0.39, 0.29) is 17.3 Å². The highest BCUT2D eigenvalue weighted by atomic mass is 32.2. The number of nitrogens with one attached hydrogen (secondary N) is 1. The number of hydrogen-bond acceptors (Lipinski definition) is 6. The maximum Gasteiger partial charge on any atom is 0.338 e. The van der Waals surface area contributed by atoms with Crippen LogP contribution < -0.4 is 10.1 Å². The van der Waals surface area contributed by atoms with Gasteiger partial charge in [0.2, 0.25) is 15.9 Å². The molecule has 1 atom stereocenters. The summed E-state index contributed by atoms with van der Waals surface area (Å²) in [7, 11) is -2.19. The summed E-state index contributed by atoms with van der Waals surface area (Å²) < 4.78 is 38.1. The molecule has 1 fully saturated rings. The Balaban J connectivity index is 1.63. The van der Waals surface area contributed by atoms with Crippen LogP contribution in [-0.4, -0.2) is 51.4 Å². The van der Waals surface area contributed by atoms with Crippen LogP contribution in [0.5, 0.6) is 5.75 Å². The lowest BCUT2D eigenvalue weighted by atomic mass is 9.98. The van der Waals surface area contributed by atoms with Gasteiger partial charge in [-0.2, -0.15) is 4.31 Å². The number of aryl methyl sites for hydroxylation is 1. The highest BCUT2D eigenvalue weighted by Crippen LogP contribution is 2.28. The number of sulfonamides is 1. The maximum absolute atomic E-state index is 13.2. The van der Waals surface area contributed by atoms with Crippen molar-refractivity contribution in [2.75, 3.05) is 32.1 Å². The topological polar surface area (TPSA) is 102 Å².